The van der Waals surface area contributed by atoms with Crippen LogP contribution in [0.3, 0.4) is 0 Å². The van der Waals surface area contributed by atoms with Crippen molar-refractivity contribution in [2.24, 2.45) is 0 Å². The topological polar surface area (TPSA) is 18.5 Å². The van der Waals surface area contributed by atoms with Crippen molar-refractivity contribution in [3.63, 3.8) is 0 Å². The molecule has 0 bridgehead atoms. The van der Waals surface area contributed by atoms with E-state index in [2.05, 4.69) is 82.3 Å². The lowest BCUT2D eigenvalue weighted by molar-refractivity contribution is 0.00578. The summed E-state index contributed by atoms with van der Waals surface area (Å²) in [4.78, 5) is 0. The molecule has 2 aromatic carbocycles. The van der Waals surface area contributed by atoms with Gasteiger partial charge in [0.1, 0.15) is 0 Å². The summed E-state index contributed by atoms with van der Waals surface area (Å²) in [6.45, 7) is 8.51. The summed E-state index contributed by atoms with van der Waals surface area (Å²) in [5, 5.41) is 0. The Balaban J connectivity index is 1.70. The van der Waals surface area contributed by atoms with Crippen LogP contribution in [-0.4, -0.2) is 18.3 Å². The van der Waals surface area contributed by atoms with E-state index in [1.807, 2.05) is 0 Å². The molecule has 24 heavy (non-hydrogen) atoms. The summed E-state index contributed by atoms with van der Waals surface area (Å²) in [6, 6.07) is 19.6. The second kappa shape index (κ2) is 5.47. The minimum atomic E-state index is -0.280. The van der Waals surface area contributed by atoms with Crippen LogP contribution >= 0.6 is 0 Å². The van der Waals surface area contributed by atoms with E-state index in [-0.39, 0.29) is 24.1 Å². The molecule has 2 aromatic rings. The van der Waals surface area contributed by atoms with Crippen molar-refractivity contribution in [1.29, 1.82) is 0 Å². The zero-order valence-corrected chi connectivity index (χ0v) is 15.0. The first-order valence-electron chi connectivity index (χ1n) is 8.88. The standard InChI is InChI=1S/C21H25BO2/c1-20(2)21(3,4)24-22(23-20)19-14-18(15-10-6-5-7-11-15)16-12-8-9-13-17(16)19/h5-13,18-19H,14H2,1-4H3/t18-,19+/m1/s1. The molecule has 0 spiro atoms. The molecule has 1 heterocycles. The fourth-order valence-electron chi connectivity index (χ4n) is 3.99. The minimum Gasteiger partial charge on any atom is -0.403 e. The van der Waals surface area contributed by atoms with Crippen LogP contribution in [0, 0.1) is 0 Å². The fourth-order valence-corrected chi connectivity index (χ4v) is 3.99. The van der Waals surface area contributed by atoms with Gasteiger partial charge in [0.05, 0.1) is 11.2 Å². The van der Waals surface area contributed by atoms with Gasteiger partial charge in [-0.1, -0.05) is 54.6 Å². The van der Waals surface area contributed by atoms with Crippen LogP contribution in [0.1, 0.15) is 62.5 Å². The van der Waals surface area contributed by atoms with Crippen LogP contribution in [-0.2, 0) is 9.31 Å². The largest absolute Gasteiger partial charge is 0.465 e. The summed E-state index contributed by atoms with van der Waals surface area (Å²) < 4.78 is 12.7. The van der Waals surface area contributed by atoms with E-state index >= 15 is 0 Å². The van der Waals surface area contributed by atoms with Crippen molar-refractivity contribution in [1.82, 2.24) is 0 Å². The monoisotopic (exact) mass is 320 g/mol. The molecule has 0 aromatic heterocycles. The molecule has 4 rings (SSSR count). The van der Waals surface area contributed by atoms with Crippen molar-refractivity contribution in [2.75, 3.05) is 0 Å². The van der Waals surface area contributed by atoms with Crippen molar-refractivity contribution in [2.45, 2.75) is 57.1 Å². The summed E-state index contributed by atoms with van der Waals surface area (Å²) >= 11 is 0. The molecule has 1 aliphatic heterocycles. The van der Waals surface area contributed by atoms with Crippen LogP contribution in [0.4, 0.5) is 0 Å². The average Bonchev–Trinajstić information content (AvgIpc) is 3.03. The Morgan fingerprint density at radius 1 is 0.792 bits per heavy atom. The molecule has 0 radical (unpaired) electrons. The smallest absolute Gasteiger partial charge is 0.403 e. The molecule has 0 amide bonds. The van der Waals surface area contributed by atoms with Gasteiger partial charge in [-0.05, 0) is 50.8 Å². The molecule has 2 atom stereocenters. The van der Waals surface area contributed by atoms with E-state index in [1.54, 1.807) is 0 Å². The van der Waals surface area contributed by atoms with Crippen LogP contribution in [0.15, 0.2) is 54.6 Å². The number of hydrogen-bond donors (Lipinski definition) is 0. The highest BCUT2D eigenvalue weighted by atomic mass is 16.7. The Hall–Kier alpha value is -1.58. The lowest BCUT2D eigenvalue weighted by Gasteiger charge is -2.32. The lowest BCUT2D eigenvalue weighted by Crippen LogP contribution is -2.41. The van der Waals surface area contributed by atoms with Gasteiger partial charge in [0, 0.05) is 11.7 Å². The first-order valence-corrected chi connectivity index (χ1v) is 8.88. The third-order valence-corrected chi connectivity index (χ3v) is 6.06. The SMILES string of the molecule is CC1(C)OB([C@H]2C[C@H](c3ccccc3)c3ccccc32)OC1(C)C. The van der Waals surface area contributed by atoms with Gasteiger partial charge in [0.25, 0.3) is 0 Å². The van der Waals surface area contributed by atoms with E-state index in [0.29, 0.717) is 5.92 Å². The van der Waals surface area contributed by atoms with Gasteiger partial charge in [-0.2, -0.15) is 0 Å². The van der Waals surface area contributed by atoms with Crippen LogP contribution in [0.25, 0.3) is 0 Å². The number of hydrogen-bond acceptors (Lipinski definition) is 2. The maximum atomic E-state index is 6.37. The Morgan fingerprint density at radius 2 is 1.33 bits per heavy atom. The number of rotatable bonds is 2. The van der Waals surface area contributed by atoms with E-state index in [1.165, 1.54) is 16.7 Å². The van der Waals surface area contributed by atoms with Crippen LogP contribution < -0.4 is 0 Å². The normalized spacial score (nSPS) is 27.2. The molecule has 1 aliphatic carbocycles. The minimum absolute atomic E-state index is 0.176. The summed E-state index contributed by atoms with van der Waals surface area (Å²) in [6.07, 6.45) is 1.04. The summed E-state index contributed by atoms with van der Waals surface area (Å²) in [5.41, 5.74) is 3.62. The predicted molar refractivity (Wildman–Crippen MR) is 98.2 cm³/mol. The van der Waals surface area contributed by atoms with Crippen LogP contribution in [0.2, 0.25) is 0 Å². The molecule has 0 unspecified atom stereocenters. The Morgan fingerprint density at radius 3 is 1.96 bits per heavy atom. The maximum Gasteiger partial charge on any atom is 0.465 e. The number of benzene rings is 2. The van der Waals surface area contributed by atoms with Gasteiger partial charge >= 0.3 is 7.12 Å². The van der Waals surface area contributed by atoms with Crippen molar-refractivity contribution >= 4 is 7.12 Å². The van der Waals surface area contributed by atoms with Crippen molar-refractivity contribution in [3.8, 4) is 0 Å². The van der Waals surface area contributed by atoms with Gasteiger partial charge in [-0.3, -0.25) is 0 Å². The van der Waals surface area contributed by atoms with Crippen LogP contribution in [0.5, 0.6) is 0 Å². The Labute approximate surface area is 145 Å². The van der Waals surface area contributed by atoms with Gasteiger partial charge in [0.2, 0.25) is 0 Å². The van der Waals surface area contributed by atoms with E-state index < -0.39 is 0 Å². The van der Waals surface area contributed by atoms with E-state index in [4.69, 9.17) is 9.31 Å². The molecular formula is C21H25BO2. The van der Waals surface area contributed by atoms with E-state index in [0.717, 1.165) is 6.42 Å². The molecule has 2 nitrogen and oxygen atoms in total. The highest BCUT2D eigenvalue weighted by Gasteiger charge is 2.55. The molecule has 124 valence electrons. The Kier molecular flexibility index (Phi) is 3.63. The quantitative estimate of drug-likeness (QED) is 0.730. The lowest BCUT2D eigenvalue weighted by atomic mass is 9.68. The molecule has 1 fully saturated rings. The van der Waals surface area contributed by atoms with Crippen molar-refractivity contribution < 1.29 is 9.31 Å². The number of fused-ring (bicyclic) bond motifs is 1. The second-order valence-electron chi connectivity index (χ2n) is 8.06. The highest BCUT2D eigenvalue weighted by Crippen LogP contribution is 2.50. The predicted octanol–water partition coefficient (Wildman–Crippen LogP) is 4.94. The molecule has 0 saturated carbocycles. The average molecular weight is 320 g/mol. The zero-order valence-electron chi connectivity index (χ0n) is 15.0. The maximum absolute atomic E-state index is 6.37. The van der Waals surface area contributed by atoms with Crippen molar-refractivity contribution in [3.05, 3.63) is 71.3 Å². The van der Waals surface area contributed by atoms with Gasteiger partial charge in [0.15, 0.2) is 0 Å². The van der Waals surface area contributed by atoms with E-state index in [9.17, 15) is 0 Å². The molecule has 1 saturated heterocycles. The molecular weight excluding hydrogens is 295 g/mol. The first-order chi connectivity index (χ1) is 11.4. The third kappa shape index (κ3) is 2.42. The first kappa shape index (κ1) is 15.9. The van der Waals surface area contributed by atoms with Gasteiger partial charge < -0.3 is 9.31 Å². The highest BCUT2D eigenvalue weighted by molar-refractivity contribution is 6.47. The molecule has 0 N–H and O–H groups in total. The second-order valence-corrected chi connectivity index (χ2v) is 8.06. The van der Waals surface area contributed by atoms with Gasteiger partial charge in [-0.25, -0.2) is 0 Å². The molecule has 2 aliphatic rings. The zero-order chi connectivity index (χ0) is 16.9. The summed E-state index contributed by atoms with van der Waals surface area (Å²) in [5.74, 6) is 0.707. The fraction of sp³-hybridized carbons (Fsp3) is 0.429. The van der Waals surface area contributed by atoms with Gasteiger partial charge in [-0.15, -0.1) is 0 Å². The summed E-state index contributed by atoms with van der Waals surface area (Å²) in [7, 11) is -0.176. The third-order valence-electron chi connectivity index (χ3n) is 6.06. The Bertz CT molecular complexity index is 723. The molecule has 3 heteroatoms.